The van der Waals surface area contributed by atoms with Crippen molar-refractivity contribution in [2.75, 3.05) is 20.8 Å². The standard InChI is InChI=1S/C10H15N3O4/c1-16-6-7(11)5-8-9(13(14)15)3-4-10(12-8)17-2/h3-4,7H,5-6,11H2,1-2H3. The highest BCUT2D eigenvalue weighted by Crippen LogP contribution is 2.21. The fourth-order valence-electron chi connectivity index (χ4n) is 1.43. The summed E-state index contributed by atoms with van der Waals surface area (Å²) in [5.74, 6) is 0.329. The van der Waals surface area contributed by atoms with E-state index in [1.54, 1.807) is 0 Å². The number of rotatable bonds is 6. The van der Waals surface area contributed by atoms with Crippen LogP contribution in [0, 0.1) is 10.1 Å². The van der Waals surface area contributed by atoms with Crippen molar-refractivity contribution in [3.8, 4) is 5.88 Å². The Balaban J connectivity index is 2.96. The zero-order valence-electron chi connectivity index (χ0n) is 9.75. The molecule has 0 spiro atoms. The fourth-order valence-corrected chi connectivity index (χ4v) is 1.43. The molecule has 1 unspecified atom stereocenters. The van der Waals surface area contributed by atoms with Crippen LogP contribution in [0.25, 0.3) is 0 Å². The van der Waals surface area contributed by atoms with Crippen LogP contribution in [0.5, 0.6) is 5.88 Å². The first-order chi connectivity index (χ1) is 8.08. The zero-order valence-corrected chi connectivity index (χ0v) is 9.75. The number of nitro groups is 1. The number of methoxy groups -OCH3 is 2. The molecule has 7 heteroatoms. The van der Waals surface area contributed by atoms with Crippen LogP contribution in [-0.2, 0) is 11.2 Å². The Hall–Kier alpha value is -1.73. The van der Waals surface area contributed by atoms with Crippen molar-refractivity contribution >= 4 is 5.69 Å². The second kappa shape index (κ2) is 6.12. The molecule has 0 aliphatic rings. The van der Waals surface area contributed by atoms with E-state index in [0.29, 0.717) is 18.2 Å². The van der Waals surface area contributed by atoms with E-state index < -0.39 is 4.92 Å². The first kappa shape index (κ1) is 13.3. The number of pyridine rings is 1. The summed E-state index contributed by atoms with van der Waals surface area (Å²) >= 11 is 0. The van der Waals surface area contributed by atoms with Crippen molar-refractivity contribution in [1.29, 1.82) is 0 Å². The van der Waals surface area contributed by atoms with Gasteiger partial charge in [0.1, 0.15) is 5.69 Å². The van der Waals surface area contributed by atoms with Gasteiger partial charge in [-0.2, -0.15) is 0 Å². The summed E-state index contributed by atoms with van der Waals surface area (Å²) in [5.41, 5.74) is 5.99. The maximum Gasteiger partial charge on any atom is 0.291 e. The monoisotopic (exact) mass is 241 g/mol. The number of nitrogens with zero attached hydrogens (tertiary/aromatic N) is 2. The van der Waals surface area contributed by atoms with Gasteiger partial charge in [-0.15, -0.1) is 0 Å². The molecule has 0 bridgehead atoms. The molecule has 0 amide bonds. The lowest BCUT2D eigenvalue weighted by molar-refractivity contribution is -0.386. The Morgan fingerprint density at radius 2 is 2.24 bits per heavy atom. The molecule has 0 aromatic carbocycles. The highest BCUT2D eigenvalue weighted by atomic mass is 16.6. The van der Waals surface area contributed by atoms with E-state index in [9.17, 15) is 10.1 Å². The largest absolute Gasteiger partial charge is 0.481 e. The van der Waals surface area contributed by atoms with Crippen molar-refractivity contribution in [2.24, 2.45) is 5.73 Å². The molecule has 1 aromatic rings. The third-order valence-electron chi connectivity index (χ3n) is 2.17. The number of nitrogens with two attached hydrogens (primary N) is 1. The minimum absolute atomic E-state index is 0.0580. The Labute approximate surface area is 98.7 Å². The Morgan fingerprint density at radius 3 is 2.76 bits per heavy atom. The third kappa shape index (κ3) is 3.65. The second-order valence-corrected chi connectivity index (χ2v) is 3.50. The van der Waals surface area contributed by atoms with Crippen molar-refractivity contribution in [1.82, 2.24) is 4.98 Å². The molecule has 0 saturated carbocycles. The summed E-state index contributed by atoms with van der Waals surface area (Å²) < 4.78 is 9.80. The van der Waals surface area contributed by atoms with E-state index in [0.717, 1.165) is 0 Å². The van der Waals surface area contributed by atoms with E-state index in [1.807, 2.05) is 0 Å². The molecule has 17 heavy (non-hydrogen) atoms. The fraction of sp³-hybridized carbons (Fsp3) is 0.500. The van der Waals surface area contributed by atoms with Gasteiger partial charge in [-0.05, 0) is 0 Å². The van der Waals surface area contributed by atoms with Crippen LogP contribution in [0.4, 0.5) is 5.69 Å². The molecule has 94 valence electrons. The van der Waals surface area contributed by atoms with Gasteiger partial charge in [-0.25, -0.2) is 4.98 Å². The summed E-state index contributed by atoms with van der Waals surface area (Å²) in [6, 6.07) is 2.47. The van der Waals surface area contributed by atoms with Crippen LogP contribution in [-0.4, -0.2) is 36.8 Å². The molecule has 1 aromatic heterocycles. The van der Waals surface area contributed by atoms with Gasteiger partial charge < -0.3 is 15.2 Å². The first-order valence-electron chi connectivity index (χ1n) is 5.01. The average molecular weight is 241 g/mol. The van der Waals surface area contributed by atoms with Crippen LogP contribution in [0.2, 0.25) is 0 Å². The van der Waals surface area contributed by atoms with E-state index in [-0.39, 0.29) is 18.2 Å². The predicted octanol–water partition coefficient (Wildman–Crippen LogP) is 0.515. The summed E-state index contributed by atoms with van der Waals surface area (Å²) in [7, 11) is 2.97. The molecule has 2 N–H and O–H groups in total. The van der Waals surface area contributed by atoms with Crippen LogP contribution in [0.1, 0.15) is 5.69 Å². The maximum absolute atomic E-state index is 10.8. The zero-order chi connectivity index (χ0) is 12.8. The lowest BCUT2D eigenvalue weighted by Gasteiger charge is -2.10. The van der Waals surface area contributed by atoms with E-state index in [4.69, 9.17) is 15.2 Å². The molecule has 1 rings (SSSR count). The van der Waals surface area contributed by atoms with Crippen molar-refractivity contribution in [3.63, 3.8) is 0 Å². The van der Waals surface area contributed by atoms with Crippen molar-refractivity contribution < 1.29 is 14.4 Å². The molecule has 0 radical (unpaired) electrons. The van der Waals surface area contributed by atoms with Crippen LogP contribution < -0.4 is 10.5 Å². The third-order valence-corrected chi connectivity index (χ3v) is 2.17. The molecule has 0 aliphatic heterocycles. The summed E-state index contributed by atoms with van der Waals surface area (Å²) in [6.07, 6.45) is 0.265. The van der Waals surface area contributed by atoms with Gasteiger partial charge in [0.05, 0.1) is 18.6 Å². The second-order valence-electron chi connectivity index (χ2n) is 3.50. The predicted molar refractivity (Wildman–Crippen MR) is 61.0 cm³/mol. The normalized spacial score (nSPS) is 12.2. The average Bonchev–Trinajstić information content (AvgIpc) is 2.28. The van der Waals surface area contributed by atoms with E-state index in [2.05, 4.69) is 4.98 Å². The van der Waals surface area contributed by atoms with E-state index >= 15 is 0 Å². The minimum atomic E-state index is -0.485. The number of hydrogen-bond donors (Lipinski definition) is 1. The molecule has 1 heterocycles. The lowest BCUT2D eigenvalue weighted by atomic mass is 10.1. The molecular formula is C10H15N3O4. The molecule has 0 fully saturated rings. The highest BCUT2D eigenvalue weighted by molar-refractivity contribution is 5.38. The highest BCUT2D eigenvalue weighted by Gasteiger charge is 2.18. The topological polar surface area (TPSA) is 101 Å². The van der Waals surface area contributed by atoms with Crippen molar-refractivity contribution in [2.45, 2.75) is 12.5 Å². The number of ether oxygens (including phenoxy) is 2. The van der Waals surface area contributed by atoms with Gasteiger partial charge in [0.15, 0.2) is 0 Å². The number of hydrogen-bond acceptors (Lipinski definition) is 6. The summed E-state index contributed by atoms with van der Waals surface area (Å²) in [5, 5.41) is 10.8. The molecule has 0 saturated heterocycles. The minimum Gasteiger partial charge on any atom is -0.481 e. The summed E-state index contributed by atoms with van der Waals surface area (Å²) in [6.45, 7) is 0.316. The van der Waals surface area contributed by atoms with Gasteiger partial charge in [-0.1, -0.05) is 0 Å². The molecule has 0 aliphatic carbocycles. The van der Waals surface area contributed by atoms with Crippen LogP contribution in [0.15, 0.2) is 12.1 Å². The van der Waals surface area contributed by atoms with E-state index in [1.165, 1.54) is 26.4 Å². The SMILES string of the molecule is COCC(N)Cc1nc(OC)ccc1[N+](=O)[O-]. The molecule has 1 atom stereocenters. The van der Waals surface area contributed by atoms with Crippen LogP contribution >= 0.6 is 0 Å². The molecule has 7 nitrogen and oxygen atoms in total. The van der Waals surface area contributed by atoms with Gasteiger partial charge in [0.2, 0.25) is 5.88 Å². The van der Waals surface area contributed by atoms with Gasteiger partial charge in [-0.3, -0.25) is 10.1 Å². The quantitative estimate of drug-likeness (QED) is 0.575. The van der Waals surface area contributed by atoms with Gasteiger partial charge in [0.25, 0.3) is 5.69 Å². The van der Waals surface area contributed by atoms with Crippen molar-refractivity contribution in [3.05, 3.63) is 27.9 Å². The Kier molecular flexibility index (Phi) is 4.80. The van der Waals surface area contributed by atoms with Gasteiger partial charge >= 0.3 is 0 Å². The van der Waals surface area contributed by atoms with Crippen LogP contribution in [0.3, 0.4) is 0 Å². The van der Waals surface area contributed by atoms with Gasteiger partial charge in [0, 0.05) is 31.7 Å². The summed E-state index contributed by atoms with van der Waals surface area (Å²) in [4.78, 5) is 14.4. The Bertz CT molecular complexity index is 397. The number of aromatic nitrogens is 1. The molecular weight excluding hydrogens is 226 g/mol. The smallest absolute Gasteiger partial charge is 0.291 e. The lowest BCUT2D eigenvalue weighted by Crippen LogP contribution is -2.28. The first-order valence-corrected chi connectivity index (χ1v) is 5.01. The Morgan fingerprint density at radius 1 is 1.53 bits per heavy atom. The maximum atomic E-state index is 10.8.